The van der Waals surface area contributed by atoms with Gasteiger partial charge in [-0.1, -0.05) is 0 Å². The largest absolute Gasteiger partial charge is 2.00 e. The molecule has 20 heavy (non-hydrogen) atoms. The smallest absolute Gasteiger partial charge is 0.548 e. The molecule has 0 heterocycles. The Bertz CT molecular complexity index is 230. The third-order valence-corrected chi connectivity index (χ3v) is 1.13. The summed E-state index contributed by atoms with van der Waals surface area (Å²) < 4.78 is 0. The number of carboxylic acid groups (broad SMARTS) is 3. The number of rotatable bonds is 3. The third kappa shape index (κ3) is 36.0. The molecule has 0 aliphatic carbocycles. The van der Waals surface area contributed by atoms with Crippen molar-refractivity contribution in [3.05, 3.63) is 0 Å². The summed E-state index contributed by atoms with van der Waals surface area (Å²) >= 11 is 0. The topological polar surface area (TPSA) is 231 Å². The van der Waals surface area contributed by atoms with Crippen LogP contribution in [0, 0.1) is 0 Å². The van der Waals surface area contributed by atoms with Crippen molar-refractivity contribution in [1.29, 1.82) is 0 Å². The molecule has 11 heteroatoms. The van der Waals surface area contributed by atoms with E-state index in [0.717, 1.165) is 0 Å². The van der Waals surface area contributed by atoms with Crippen molar-refractivity contribution in [2.24, 2.45) is 17.2 Å². The quantitative estimate of drug-likeness (QED) is 0.312. The number of carboxylic acids is 3. The summed E-state index contributed by atoms with van der Waals surface area (Å²) in [7, 11) is 0. The molecule has 0 amide bonds. The molecule has 10 nitrogen and oxygen atoms in total. The van der Waals surface area contributed by atoms with Gasteiger partial charge in [0.05, 0.1) is 11.9 Å². The predicted octanol–water partition coefficient (Wildman–Crippen LogP) is -4.63. The molecule has 0 aromatic heterocycles. The van der Waals surface area contributed by atoms with Crippen LogP contribution in [0.3, 0.4) is 0 Å². The molecular formula is C9H22CaN4O6. The van der Waals surface area contributed by atoms with Crippen molar-refractivity contribution in [2.45, 2.75) is 38.9 Å². The van der Waals surface area contributed by atoms with E-state index in [9.17, 15) is 24.6 Å². The van der Waals surface area contributed by atoms with E-state index < -0.39 is 36.0 Å². The Morgan fingerprint density at radius 3 is 0.950 bits per heavy atom. The molecule has 0 saturated heterocycles. The van der Waals surface area contributed by atoms with Crippen molar-refractivity contribution in [3.8, 4) is 0 Å². The van der Waals surface area contributed by atoms with E-state index in [2.05, 4.69) is 0 Å². The Kier molecular flexibility index (Phi) is 29.4. The minimum atomic E-state index is -1.21. The van der Waals surface area contributed by atoms with Crippen LogP contribution in [0.4, 0.5) is 0 Å². The van der Waals surface area contributed by atoms with E-state index in [0.29, 0.717) is 0 Å². The second-order valence-electron chi connectivity index (χ2n) is 3.34. The van der Waals surface area contributed by atoms with Crippen LogP contribution >= 0.6 is 0 Å². The Morgan fingerprint density at radius 2 is 0.950 bits per heavy atom. The first-order valence-electron chi connectivity index (χ1n) is 4.84. The minimum Gasteiger partial charge on any atom is -0.548 e. The summed E-state index contributed by atoms with van der Waals surface area (Å²) in [5.41, 5.74) is 14.4. The molecule has 0 spiro atoms. The van der Waals surface area contributed by atoms with Crippen LogP contribution in [-0.4, -0.2) is 78.9 Å². The first-order chi connectivity index (χ1) is 7.93. The van der Waals surface area contributed by atoms with E-state index in [-0.39, 0.29) is 43.9 Å². The molecule has 0 bridgehead atoms. The molecule has 116 valence electrons. The Morgan fingerprint density at radius 1 is 0.850 bits per heavy atom. The molecule has 0 aliphatic heterocycles. The number of hydrogen-bond acceptors (Lipinski definition) is 9. The maximum Gasteiger partial charge on any atom is 2.00 e. The minimum absolute atomic E-state index is 0. The van der Waals surface area contributed by atoms with Crippen LogP contribution in [0.15, 0.2) is 0 Å². The first-order valence-corrected chi connectivity index (χ1v) is 4.84. The zero-order chi connectivity index (χ0) is 15.5. The SMILES string of the molecule is C[C@H](N)C(=O)O.C[C@H](N)C(=O)[O-].C[C@H](N)C(=O)[O-].N.[Ca+2]. The van der Waals surface area contributed by atoms with E-state index in [1.54, 1.807) is 0 Å². The van der Waals surface area contributed by atoms with Gasteiger partial charge in [0.15, 0.2) is 0 Å². The summed E-state index contributed by atoms with van der Waals surface area (Å²) in [5.74, 6) is -3.39. The summed E-state index contributed by atoms with van der Waals surface area (Å²) in [6.07, 6.45) is 0. The van der Waals surface area contributed by atoms with Gasteiger partial charge in [0.1, 0.15) is 6.04 Å². The molecule has 0 rings (SSSR count). The summed E-state index contributed by atoms with van der Waals surface area (Å²) in [6, 6.07) is -2.42. The average Bonchev–Trinajstić information content (AvgIpc) is 2.18. The number of hydrogen-bond donors (Lipinski definition) is 5. The Balaban J connectivity index is -0.0000000536. The Labute approximate surface area is 147 Å². The molecule has 0 unspecified atom stereocenters. The third-order valence-electron chi connectivity index (χ3n) is 1.13. The summed E-state index contributed by atoms with van der Waals surface area (Å²) in [5, 5.41) is 26.8. The zero-order valence-corrected chi connectivity index (χ0v) is 14.1. The van der Waals surface area contributed by atoms with E-state index in [1.165, 1.54) is 20.8 Å². The van der Waals surface area contributed by atoms with Gasteiger partial charge >= 0.3 is 43.7 Å². The fraction of sp³-hybridized carbons (Fsp3) is 0.667. The molecule has 0 radical (unpaired) electrons. The number of carbonyl (C=O) groups excluding carboxylic acids is 2. The second-order valence-corrected chi connectivity index (χ2v) is 3.34. The van der Waals surface area contributed by atoms with E-state index >= 15 is 0 Å². The van der Waals surface area contributed by atoms with Gasteiger partial charge in [-0.3, -0.25) is 4.79 Å². The van der Waals surface area contributed by atoms with E-state index in [4.69, 9.17) is 22.3 Å². The molecule has 0 saturated carbocycles. The maximum absolute atomic E-state index is 9.57. The fourth-order valence-electron chi connectivity index (χ4n) is 0. The van der Waals surface area contributed by atoms with Gasteiger partial charge in [0.25, 0.3) is 0 Å². The van der Waals surface area contributed by atoms with Crippen molar-refractivity contribution < 1.29 is 29.7 Å². The fourth-order valence-corrected chi connectivity index (χ4v) is 0. The average molecular weight is 322 g/mol. The van der Waals surface area contributed by atoms with Crippen molar-refractivity contribution >= 4 is 55.6 Å². The molecule has 0 aromatic carbocycles. The Hall–Kier alpha value is -0.490. The molecule has 10 N–H and O–H groups in total. The standard InChI is InChI=1S/3C3H7NO2.Ca.H3N/c3*1-2(4)3(5)6;;/h3*2H,4H2,1H3,(H,5,6);;1H3/q;;;+2;/p-2/t3*2-;;/m000../s1. The van der Waals surface area contributed by atoms with Crippen molar-refractivity contribution in [2.75, 3.05) is 0 Å². The number of aliphatic carboxylic acids is 3. The molecule has 0 fully saturated rings. The molecule has 0 aromatic rings. The van der Waals surface area contributed by atoms with Gasteiger partial charge in [0, 0.05) is 12.1 Å². The van der Waals surface area contributed by atoms with Crippen LogP contribution in [0.2, 0.25) is 0 Å². The van der Waals surface area contributed by atoms with Gasteiger partial charge in [-0.05, 0) is 20.8 Å². The van der Waals surface area contributed by atoms with Crippen LogP contribution in [0.1, 0.15) is 20.8 Å². The number of nitrogens with two attached hydrogens (primary N) is 3. The normalized spacial score (nSPS) is 12.3. The monoisotopic (exact) mass is 322 g/mol. The predicted molar refractivity (Wildman–Crippen MR) is 69.4 cm³/mol. The van der Waals surface area contributed by atoms with Gasteiger partial charge in [-0.2, -0.15) is 0 Å². The summed E-state index contributed by atoms with van der Waals surface area (Å²) in [6.45, 7) is 4.13. The van der Waals surface area contributed by atoms with Crippen molar-refractivity contribution in [1.82, 2.24) is 6.15 Å². The second kappa shape index (κ2) is 18.5. The summed E-state index contributed by atoms with van der Waals surface area (Å²) in [4.78, 5) is 28.5. The number of carbonyl (C=O) groups is 3. The molecule has 0 aliphatic rings. The van der Waals surface area contributed by atoms with Gasteiger partial charge in [-0.15, -0.1) is 0 Å². The van der Waals surface area contributed by atoms with Crippen molar-refractivity contribution in [3.63, 3.8) is 0 Å². The first kappa shape index (κ1) is 31.7. The molecule has 3 atom stereocenters. The van der Waals surface area contributed by atoms with Crippen LogP contribution in [0.5, 0.6) is 0 Å². The zero-order valence-electron chi connectivity index (χ0n) is 11.9. The van der Waals surface area contributed by atoms with Gasteiger partial charge in [0.2, 0.25) is 0 Å². The van der Waals surface area contributed by atoms with E-state index in [1.807, 2.05) is 0 Å². The van der Waals surface area contributed by atoms with Gasteiger partial charge < -0.3 is 48.3 Å². The van der Waals surface area contributed by atoms with Gasteiger partial charge in [-0.25, -0.2) is 0 Å². The van der Waals surface area contributed by atoms with Crippen LogP contribution in [-0.2, 0) is 14.4 Å². The molecular weight excluding hydrogens is 300 g/mol. The maximum atomic E-state index is 9.57. The van der Waals surface area contributed by atoms with Crippen LogP contribution < -0.4 is 33.6 Å². The van der Waals surface area contributed by atoms with Crippen LogP contribution in [0.25, 0.3) is 0 Å².